The smallest absolute Gasteiger partial charge is 0.163 e. The van der Waals surface area contributed by atoms with E-state index in [1.165, 1.54) is 0 Å². The first-order valence-electron chi connectivity index (χ1n) is 4.89. The predicted molar refractivity (Wildman–Crippen MR) is 52.4 cm³/mol. The molecular weight excluding hydrogens is 166 g/mol. The molecule has 1 aliphatic heterocycles. The van der Waals surface area contributed by atoms with Crippen molar-refractivity contribution >= 4 is 0 Å². The Morgan fingerprint density at radius 1 is 1.31 bits per heavy atom. The fourth-order valence-corrected chi connectivity index (χ4v) is 1.59. The minimum Gasteiger partial charge on any atom is -0.350 e. The van der Waals surface area contributed by atoms with Gasteiger partial charge in [-0.15, -0.1) is 0 Å². The van der Waals surface area contributed by atoms with Gasteiger partial charge in [-0.25, -0.2) is 0 Å². The molecule has 1 saturated heterocycles. The summed E-state index contributed by atoms with van der Waals surface area (Å²) in [5.41, 5.74) is 5.63. The quantitative estimate of drug-likeness (QED) is 0.712. The molecule has 3 heteroatoms. The minimum atomic E-state index is -0.449. The summed E-state index contributed by atoms with van der Waals surface area (Å²) in [7, 11) is 0. The van der Waals surface area contributed by atoms with Crippen molar-refractivity contribution in [3.8, 4) is 0 Å². The number of rotatable bonds is 2. The van der Waals surface area contributed by atoms with E-state index < -0.39 is 5.79 Å². The van der Waals surface area contributed by atoms with Gasteiger partial charge in [0, 0.05) is 5.41 Å². The Hall–Kier alpha value is -0.120. The normalized spacial score (nSPS) is 31.6. The Balaban J connectivity index is 2.64. The highest BCUT2D eigenvalue weighted by Gasteiger charge is 2.40. The summed E-state index contributed by atoms with van der Waals surface area (Å²) in [4.78, 5) is 0. The van der Waals surface area contributed by atoms with Gasteiger partial charge in [-0.1, -0.05) is 13.8 Å². The van der Waals surface area contributed by atoms with Gasteiger partial charge in [-0.05, 0) is 26.8 Å². The van der Waals surface area contributed by atoms with Gasteiger partial charge in [0.05, 0.1) is 12.7 Å². The van der Waals surface area contributed by atoms with Crippen LogP contribution in [-0.4, -0.2) is 25.0 Å². The molecule has 0 spiro atoms. The van der Waals surface area contributed by atoms with Crippen molar-refractivity contribution < 1.29 is 9.47 Å². The van der Waals surface area contributed by atoms with Gasteiger partial charge < -0.3 is 15.2 Å². The monoisotopic (exact) mass is 187 g/mol. The van der Waals surface area contributed by atoms with Crippen molar-refractivity contribution in [1.29, 1.82) is 0 Å². The van der Waals surface area contributed by atoms with Crippen molar-refractivity contribution in [2.24, 2.45) is 11.1 Å². The Morgan fingerprint density at radius 3 is 2.46 bits per heavy atom. The second-order valence-corrected chi connectivity index (χ2v) is 4.86. The standard InChI is InChI=1S/C10H21NO2/c1-9(2)7-12-10(3,4)13-8(9)5-6-11/h8H,5-7,11H2,1-4H3. The number of hydrogen-bond acceptors (Lipinski definition) is 3. The molecule has 1 aliphatic rings. The fraction of sp³-hybridized carbons (Fsp3) is 1.00. The van der Waals surface area contributed by atoms with Crippen LogP contribution in [0.2, 0.25) is 0 Å². The summed E-state index contributed by atoms with van der Waals surface area (Å²) in [6.07, 6.45) is 1.11. The Kier molecular flexibility index (Phi) is 3.00. The molecule has 2 N–H and O–H groups in total. The maximum absolute atomic E-state index is 5.83. The van der Waals surface area contributed by atoms with E-state index in [4.69, 9.17) is 15.2 Å². The van der Waals surface area contributed by atoms with E-state index in [2.05, 4.69) is 13.8 Å². The molecule has 0 aromatic heterocycles. The molecular formula is C10H21NO2. The second-order valence-electron chi connectivity index (χ2n) is 4.86. The first-order chi connectivity index (χ1) is 5.87. The molecule has 3 nitrogen and oxygen atoms in total. The van der Waals surface area contributed by atoms with Crippen LogP contribution in [0.15, 0.2) is 0 Å². The zero-order chi connectivity index (χ0) is 10.1. The first-order valence-corrected chi connectivity index (χ1v) is 4.89. The topological polar surface area (TPSA) is 44.5 Å². The highest BCUT2D eigenvalue weighted by molar-refractivity contribution is 4.84. The first kappa shape index (κ1) is 11.0. The van der Waals surface area contributed by atoms with E-state index in [0.717, 1.165) is 13.0 Å². The molecule has 0 bridgehead atoms. The molecule has 0 aromatic rings. The van der Waals surface area contributed by atoms with Crippen LogP contribution in [0.25, 0.3) is 0 Å². The highest BCUT2D eigenvalue weighted by Crippen LogP contribution is 2.35. The maximum atomic E-state index is 5.83. The van der Waals surface area contributed by atoms with Crippen LogP contribution < -0.4 is 5.73 Å². The Bertz CT molecular complexity index is 178. The molecule has 1 atom stereocenters. The summed E-state index contributed by atoms with van der Waals surface area (Å²) in [6.45, 7) is 9.62. The van der Waals surface area contributed by atoms with Gasteiger partial charge in [0.25, 0.3) is 0 Å². The van der Waals surface area contributed by atoms with Gasteiger partial charge >= 0.3 is 0 Å². The third-order valence-electron chi connectivity index (χ3n) is 2.52. The summed E-state index contributed by atoms with van der Waals surface area (Å²) in [5, 5.41) is 0. The van der Waals surface area contributed by atoms with Crippen molar-refractivity contribution in [1.82, 2.24) is 0 Å². The molecule has 78 valence electrons. The largest absolute Gasteiger partial charge is 0.350 e. The van der Waals surface area contributed by atoms with E-state index in [1.807, 2.05) is 13.8 Å². The molecule has 0 aliphatic carbocycles. The summed E-state index contributed by atoms with van der Waals surface area (Å²) in [6, 6.07) is 0. The summed E-state index contributed by atoms with van der Waals surface area (Å²) in [5.74, 6) is -0.449. The van der Waals surface area contributed by atoms with E-state index in [-0.39, 0.29) is 11.5 Å². The SMILES string of the molecule is CC1(C)OCC(C)(C)C(CCN)O1. The van der Waals surface area contributed by atoms with Crippen LogP contribution in [0.5, 0.6) is 0 Å². The molecule has 1 unspecified atom stereocenters. The average Bonchev–Trinajstić information content (AvgIpc) is 1.99. The van der Waals surface area contributed by atoms with Crippen LogP contribution >= 0.6 is 0 Å². The molecule has 1 heterocycles. The third kappa shape index (κ3) is 2.66. The van der Waals surface area contributed by atoms with Crippen LogP contribution in [0.1, 0.15) is 34.1 Å². The summed E-state index contributed by atoms with van der Waals surface area (Å²) >= 11 is 0. The average molecular weight is 187 g/mol. The maximum Gasteiger partial charge on any atom is 0.163 e. The lowest BCUT2D eigenvalue weighted by atomic mass is 9.84. The van der Waals surface area contributed by atoms with Crippen molar-refractivity contribution in [2.45, 2.75) is 46.0 Å². The van der Waals surface area contributed by atoms with E-state index in [1.54, 1.807) is 0 Å². The molecule has 0 saturated carbocycles. The minimum absolute atomic E-state index is 0.0783. The lowest BCUT2D eigenvalue weighted by Gasteiger charge is -2.45. The predicted octanol–water partition coefficient (Wildman–Crippen LogP) is 1.51. The molecule has 13 heavy (non-hydrogen) atoms. The van der Waals surface area contributed by atoms with Crippen molar-refractivity contribution in [3.63, 3.8) is 0 Å². The highest BCUT2D eigenvalue weighted by atomic mass is 16.7. The zero-order valence-electron chi connectivity index (χ0n) is 9.09. The lowest BCUT2D eigenvalue weighted by molar-refractivity contribution is -0.312. The van der Waals surface area contributed by atoms with E-state index in [0.29, 0.717) is 6.54 Å². The van der Waals surface area contributed by atoms with Crippen LogP contribution in [0.4, 0.5) is 0 Å². The van der Waals surface area contributed by atoms with Crippen LogP contribution in [0.3, 0.4) is 0 Å². The lowest BCUT2D eigenvalue weighted by Crippen LogP contribution is -2.50. The Morgan fingerprint density at radius 2 is 1.92 bits per heavy atom. The van der Waals surface area contributed by atoms with E-state index in [9.17, 15) is 0 Å². The molecule has 1 fully saturated rings. The van der Waals surface area contributed by atoms with Gasteiger partial charge in [-0.2, -0.15) is 0 Å². The van der Waals surface area contributed by atoms with Gasteiger partial charge in [0.2, 0.25) is 0 Å². The Labute approximate surface area is 80.6 Å². The molecule has 0 amide bonds. The number of nitrogens with two attached hydrogens (primary N) is 1. The molecule has 1 rings (SSSR count). The van der Waals surface area contributed by atoms with Gasteiger partial charge in [-0.3, -0.25) is 0 Å². The zero-order valence-corrected chi connectivity index (χ0v) is 9.09. The van der Waals surface area contributed by atoms with Gasteiger partial charge in [0.1, 0.15) is 0 Å². The second kappa shape index (κ2) is 3.56. The molecule has 0 radical (unpaired) electrons. The van der Waals surface area contributed by atoms with Crippen LogP contribution in [-0.2, 0) is 9.47 Å². The summed E-state index contributed by atoms with van der Waals surface area (Å²) < 4.78 is 11.4. The van der Waals surface area contributed by atoms with E-state index >= 15 is 0 Å². The number of ether oxygens (including phenoxy) is 2. The number of hydrogen-bond donors (Lipinski definition) is 1. The molecule has 0 aromatic carbocycles. The van der Waals surface area contributed by atoms with Crippen molar-refractivity contribution in [2.75, 3.05) is 13.2 Å². The van der Waals surface area contributed by atoms with Crippen molar-refractivity contribution in [3.05, 3.63) is 0 Å². The van der Waals surface area contributed by atoms with Crippen LogP contribution in [0, 0.1) is 5.41 Å². The fourth-order valence-electron chi connectivity index (χ4n) is 1.59. The third-order valence-corrected chi connectivity index (χ3v) is 2.52. The van der Waals surface area contributed by atoms with Gasteiger partial charge in [0.15, 0.2) is 5.79 Å².